The van der Waals surface area contributed by atoms with Crippen LogP contribution in [-0.4, -0.2) is 63.0 Å². The molecule has 7 atom stereocenters. The van der Waals surface area contributed by atoms with Gasteiger partial charge >= 0.3 is 12.0 Å². The lowest BCUT2D eigenvalue weighted by Gasteiger charge is -2.41. The third-order valence-electron chi connectivity index (χ3n) is 10.7. The largest absolute Gasteiger partial charge is 0.464 e. The molecule has 2 heterocycles. The number of urea groups is 1. The molecule has 2 saturated heterocycles. The van der Waals surface area contributed by atoms with E-state index in [1.165, 1.54) is 29.3 Å². The molecule has 12 nitrogen and oxygen atoms in total. The first-order chi connectivity index (χ1) is 19.2. The second-order valence-corrected chi connectivity index (χ2v) is 12.2. The van der Waals surface area contributed by atoms with Crippen LogP contribution in [0, 0.1) is 39.2 Å². The summed E-state index contributed by atoms with van der Waals surface area (Å²) in [5, 5.41) is 14.9. The van der Waals surface area contributed by atoms with Crippen molar-refractivity contribution in [2.75, 3.05) is 18.5 Å². The Morgan fingerprint density at radius 1 is 1.05 bits per heavy atom. The van der Waals surface area contributed by atoms with Crippen molar-refractivity contribution in [3.05, 3.63) is 57.7 Å². The number of benzene rings is 1. The number of esters is 1. The number of hydrogen-bond acceptors (Lipinski definition) is 8. The van der Waals surface area contributed by atoms with Gasteiger partial charge < -0.3 is 10.1 Å². The zero-order valence-corrected chi connectivity index (χ0v) is 23.5. The van der Waals surface area contributed by atoms with Gasteiger partial charge in [-0.05, 0) is 69.2 Å². The fourth-order valence-electron chi connectivity index (χ4n) is 7.72. The van der Waals surface area contributed by atoms with Gasteiger partial charge in [0.1, 0.15) is 24.3 Å². The summed E-state index contributed by atoms with van der Waals surface area (Å²) in [6.07, 6.45) is 4.80. The summed E-state index contributed by atoms with van der Waals surface area (Å²) in [5.41, 5.74) is -0.941. The first kappa shape index (κ1) is 27.1. The number of ether oxygens (including phenoxy) is 1. The van der Waals surface area contributed by atoms with Crippen LogP contribution in [0.3, 0.4) is 0 Å². The number of allylic oxidation sites excluding steroid dienone is 2. The number of carbonyl (C=O) groups excluding carboxylic acids is 4. The molecular weight excluding hydrogens is 532 g/mol. The van der Waals surface area contributed by atoms with Gasteiger partial charge in [0.25, 0.3) is 5.69 Å². The quantitative estimate of drug-likeness (QED) is 0.181. The number of fused-ring (bicyclic) bond motifs is 7. The predicted octanol–water partition coefficient (Wildman–Crippen LogP) is 3.60. The third kappa shape index (κ3) is 3.43. The van der Waals surface area contributed by atoms with Crippen LogP contribution in [0.2, 0.25) is 0 Å². The molecule has 7 unspecified atom stereocenters. The zero-order chi connectivity index (χ0) is 29.6. The maximum absolute atomic E-state index is 13.4. The Bertz CT molecular complexity index is 1440. The Hall–Kier alpha value is -4.06. The number of non-ortho nitro benzene ring substituents is 1. The van der Waals surface area contributed by atoms with Crippen molar-refractivity contribution in [3.63, 3.8) is 0 Å². The van der Waals surface area contributed by atoms with Gasteiger partial charge in [-0.15, -0.1) is 0 Å². The number of nitro benzene ring substituents is 1. The Morgan fingerprint density at radius 3 is 2.20 bits per heavy atom. The molecule has 1 aromatic carbocycles. The topological polar surface area (TPSA) is 148 Å². The van der Waals surface area contributed by atoms with Crippen LogP contribution in [0.1, 0.15) is 41.0 Å². The zero-order valence-electron chi connectivity index (χ0n) is 23.5. The molecule has 41 heavy (non-hydrogen) atoms. The SMILES string of the molecule is CC1=C(C)C2(C)N(C(=O)Nc3ccc([N+](=O)[O-])cc3)OC1(C)C2(C)COC(=O)CN1C(=O)C2C3C=CC(C3)C2C1=O. The maximum Gasteiger partial charge on any atom is 0.346 e. The van der Waals surface area contributed by atoms with Crippen LogP contribution in [0.25, 0.3) is 0 Å². The van der Waals surface area contributed by atoms with E-state index in [1.54, 1.807) is 0 Å². The lowest BCUT2D eigenvalue weighted by Crippen LogP contribution is -2.56. The van der Waals surface area contributed by atoms with E-state index >= 15 is 0 Å². The first-order valence-corrected chi connectivity index (χ1v) is 13.7. The van der Waals surface area contributed by atoms with Gasteiger partial charge in [0.05, 0.1) is 22.2 Å². The minimum Gasteiger partial charge on any atom is -0.464 e. The highest BCUT2D eigenvalue weighted by molar-refractivity contribution is 6.08. The Morgan fingerprint density at radius 2 is 1.63 bits per heavy atom. The molecule has 0 radical (unpaired) electrons. The summed E-state index contributed by atoms with van der Waals surface area (Å²) in [4.78, 5) is 70.3. The highest BCUT2D eigenvalue weighted by atomic mass is 16.7. The Balaban J connectivity index is 1.17. The van der Waals surface area contributed by atoms with Crippen LogP contribution in [0.5, 0.6) is 0 Å². The summed E-state index contributed by atoms with van der Waals surface area (Å²) in [6.45, 7) is 8.77. The van der Waals surface area contributed by atoms with Crippen molar-refractivity contribution in [1.82, 2.24) is 9.96 Å². The van der Waals surface area contributed by atoms with Crippen LogP contribution in [0.15, 0.2) is 47.6 Å². The number of hydroxylamine groups is 2. The van der Waals surface area contributed by atoms with Crippen LogP contribution in [-0.2, 0) is 24.0 Å². The number of nitrogens with zero attached hydrogens (tertiary/aromatic N) is 3. The van der Waals surface area contributed by atoms with Crippen molar-refractivity contribution in [2.45, 2.75) is 52.2 Å². The lowest BCUT2D eigenvalue weighted by molar-refractivity contribution is -0.384. The van der Waals surface area contributed by atoms with E-state index in [2.05, 4.69) is 5.32 Å². The van der Waals surface area contributed by atoms with Gasteiger partial charge in [-0.2, -0.15) is 5.06 Å². The van der Waals surface area contributed by atoms with Gasteiger partial charge in [-0.3, -0.25) is 34.2 Å². The molecule has 0 spiro atoms. The maximum atomic E-state index is 13.4. The van der Waals surface area contributed by atoms with Crippen molar-refractivity contribution in [1.29, 1.82) is 0 Å². The minimum atomic E-state index is -1.03. The molecule has 3 fully saturated rings. The fourth-order valence-corrected chi connectivity index (χ4v) is 7.72. The molecule has 4 bridgehead atoms. The Labute approximate surface area is 236 Å². The first-order valence-electron chi connectivity index (χ1n) is 13.7. The summed E-state index contributed by atoms with van der Waals surface area (Å²) in [7, 11) is 0. The molecule has 3 aliphatic carbocycles. The smallest absolute Gasteiger partial charge is 0.346 e. The molecule has 0 aromatic heterocycles. The number of imide groups is 1. The molecule has 1 saturated carbocycles. The normalized spacial score (nSPS) is 36.4. The van der Waals surface area contributed by atoms with Gasteiger partial charge in [-0.25, -0.2) is 4.79 Å². The molecule has 5 aliphatic rings. The molecule has 6 rings (SSSR count). The number of carbonyl (C=O) groups is 4. The summed E-state index contributed by atoms with van der Waals surface area (Å²) in [5.74, 6) is -2.02. The average Bonchev–Trinajstić information content (AvgIpc) is 3.68. The van der Waals surface area contributed by atoms with Crippen molar-refractivity contribution >= 4 is 35.2 Å². The van der Waals surface area contributed by atoms with E-state index in [4.69, 9.17) is 9.57 Å². The van der Waals surface area contributed by atoms with Crippen molar-refractivity contribution in [2.24, 2.45) is 29.1 Å². The van der Waals surface area contributed by atoms with Gasteiger partial charge in [0.15, 0.2) is 0 Å². The van der Waals surface area contributed by atoms with Crippen molar-refractivity contribution < 1.29 is 33.7 Å². The van der Waals surface area contributed by atoms with Crippen molar-refractivity contribution in [3.8, 4) is 0 Å². The Kier molecular flexibility index (Phi) is 5.77. The second-order valence-electron chi connectivity index (χ2n) is 12.2. The monoisotopic (exact) mass is 564 g/mol. The van der Waals surface area contributed by atoms with Crippen LogP contribution < -0.4 is 5.32 Å². The molecule has 216 valence electrons. The van der Waals surface area contributed by atoms with Gasteiger partial charge in [-0.1, -0.05) is 19.1 Å². The van der Waals surface area contributed by atoms with E-state index in [9.17, 15) is 29.3 Å². The van der Waals surface area contributed by atoms with E-state index in [0.717, 1.165) is 22.5 Å². The van der Waals surface area contributed by atoms with E-state index in [0.29, 0.717) is 5.69 Å². The van der Waals surface area contributed by atoms with Gasteiger partial charge in [0.2, 0.25) is 11.8 Å². The molecule has 2 aliphatic heterocycles. The highest BCUT2D eigenvalue weighted by Crippen LogP contribution is 2.65. The van der Waals surface area contributed by atoms with Crippen LogP contribution >= 0.6 is 0 Å². The van der Waals surface area contributed by atoms with E-state index in [1.807, 2.05) is 46.8 Å². The fraction of sp³-hybridized carbons (Fsp3) is 0.517. The summed E-state index contributed by atoms with van der Waals surface area (Å²) in [6, 6.07) is 4.86. The molecule has 1 aromatic rings. The number of amides is 4. The second kappa shape index (κ2) is 8.72. The standard InChI is InChI=1S/C29H32N4O8/c1-15-16(2)29(5)27(3,28(15,4)32(41-29)26(37)30-19-8-10-20(11-9-19)33(38)39)14-40-21(34)13-31-24(35)22-17-6-7-18(12-17)23(22)25(31)36/h6-11,17-18,22-23H,12-14H2,1-5H3,(H,30,37). The number of nitrogens with one attached hydrogen (secondary N) is 1. The minimum absolute atomic E-state index is 0.0488. The highest BCUT2D eigenvalue weighted by Gasteiger charge is 2.75. The van der Waals surface area contributed by atoms with Gasteiger partial charge in [0, 0.05) is 17.8 Å². The predicted molar refractivity (Wildman–Crippen MR) is 144 cm³/mol. The average molecular weight is 565 g/mol. The number of rotatable bonds is 6. The van der Waals surface area contributed by atoms with E-state index in [-0.39, 0.29) is 35.9 Å². The number of nitro groups is 1. The van der Waals surface area contributed by atoms with Crippen LogP contribution in [0.4, 0.5) is 16.2 Å². The lowest BCUT2D eigenvalue weighted by atomic mass is 9.66. The summed E-state index contributed by atoms with van der Waals surface area (Å²) < 4.78 is 5.74. The number of hydrogen-bond donors (Lipinski definition) is 1. The number of anilines is 1. The molecule has 12 heteroatoms. The molecule has 4 amide bonds. The molecular formula is C29H32N4O8. The van der Waals surface area contributed by atoms with E-state index < -0.39 is 51.9 Å². The summed E-state index contributed by atoms with van der Waals surface area (Å²) >= 11 is 0. The molecule has 1 N–H and O–H groups in total. The third-order valence-corrected chi connectivity index (χ3v) is 10.7. The number of likely N-dealkylation sites (tertiary alicyclic amines) is 1.